The summed E-state index contributed by atoms with van der Waals surface area (Å²) < 4.78 is 7.59. The third-order valence-electron chi connectivity index (χ3n) is 6.15. The summed E-state index contributed by atoms with van der Waals surface area (Å²) in [5.41, 5.74) is 7.12. The number of nitrogens with zero attached hydrogens (tertiary/aromatic N) is 3. The van der Waals surface area contributed by atoms with E-state index in [4.69, 9.17) is 9.72 Å². The second kappa shape index (κ2) is 11.3. The largest absolute Gasteiger partial charge is 0.496 e. The number of hydrogen-bond donors (Lipinski definition) is 1. The van der Waals surface area contributed by atoms with Gasteiger partial charge in [0, 0.05) is 29.6 Å². The Morgan fingerprint density at radius 2 is 1.84 bits per heavy atom. The molecule has 0 unspecified atom stereocenters. The van der Waals surface area contributed by atoms with Crippen molar-refractivity contribution in [1.82, 2.24) is 19.9 Å². The molecule has 6 nitrogen and oxygen atoms in total. The number of pyridine rings is 1. The average molecular weight is 509 g/mol. The molecule has 37 heavy (non-hydrogen) atoms. The van der Waals surface area contributed by atoms with Gasteiger partial charge < -0.3 is 14.6 Å². The van der Waals surface area contributed by atoms with E-state index in [-0.39, 0.29) is 5.91 Å². The summed E-state index contributed by atoms with van der Waals surface area (Å²) in [5, 5.41) is 3.92. The van der Waals surface area contributed by atoms with Crippen LogP contribution < -0.4 is 10.1 Å². The number of hydrogen-bond acceptors (Lipinski definition) is 5. The summed E-state index contributed by atoms with van der Waals surface area (Å²) in [4.78, 5) is 21.9. The first-order valence-electron chi connectivity index (χ1n) is 12.1. The van der Waals surface area contributed by atoms with Crippen molar-refractivity contribution in [2.45, 2.75) is 30.9 Å². The standard InChI is InChI=1S/C30H28N4O2S/c1-21-6-5-7-23(16-21)19-34-27-18-31-15-14-26(27)33-30(34)37-20-22-10-12-24(13-11-22)29(35)32-17-25-8-3-4-9-28(25)36-2/h3-16,18H,17,19-20H2,1-2H3,(H,32,35). The number of imidazole rings is 1. The molecule has 1 N–H and O–H groups in total. The Hall–Kier alpha value is -4.10. The van der Waals surface area contributed by atoms with Crippen molar-refractivity contribution in [3.63, 3.8) is 0 Å². The number of fused-ring (bicyclic) bond motifs is 1. The molecular formula is C30H28N4O2S. The van der Waals surface area contributed by atoms with E-state index >= 15 is 0 Å². The van der Waals surface area contributed by atoms with E-state index in [0.29, 0.717) is 12.1 Å². The molecule has 0 atom stereocenters. The molecule has 7 heteroatoms. The minimum atomic E-state index is -0.113. The second-order valence-electron chi connectivity index (χ2n) is 8.81. The number of benzene rings is 3. The third-order valence-corrected chi connectivity index (χ3v) is 7.20. The first kappa shape index (κ1) is 24.6. The molecule has 3 aromatic carbocycles. The molecular weight excluding hydrogens is 480 g/mol. The molecule has 0 aliphatic heterocycles. The van der Waals surface area contributed by atoms with Gasteiger partial charge in [0.25, 0.3) is 5.91 Å². The summed E-state index contributed by atoms with van der Waals surface area (Å²) >= 11 is 1.68. The van der Waals surface area contributed by atoms with Crippen molar-refractivity contribution in [2.24, 2.45) is 0 Å². The van der Waals surface area contributed by atoms with E-state index in [9.17, 15) is 4.79 Å². The molecule has 0 radical (unpaired) electrons. The van der Waals surface area contributed by atoms with Crippen molar-refractivity contribution < 1.29 is 9.53 Å². The van der Waals surface area contributed by atoms with Gasteiger partial charge in [-0.25, -0.2) is 4.98 Å². The predicted molar refractivity (Wildman–Crippen MR) is 148 cm³/mol. The van der Waals surface area contributed by atoms with Crippen LogP contribution in [0.1, 0.15) is 32.6 Å². The molecule has 5 aromatic rings. The van der Waals surface area contributed by atoms with Crippen molar-refractivity contribution in [3.05, 3.63) is 119 Å². The van der Waals surface area contributed by atoms with Gasteiger partial charge in [-0.2, -0.15) is 0 Å². The van der Waals surface area contributed by atoms with Crippen LogP contribution in [0.5, 0.6) is 5.75 Å². The topological polar surface area (TPSA) is 69.0 Å². The Labute approximate surface area is 220 Å². The highest BCUT2D eigenvalue weighted by atomic mass is 32.2. The summed E-state index contributed by atoms with van der Waals surface area (Å²) in [6.45, 7) is 3.25. The number of thioether (sulfide) groups is 1. The molecule has 1 amide bonds. The normalized spacial score (nSPS) is 11.0. The molecule has 2 aromatic heterocycles. The molecule has 0 saturated carbocycles. The van der Waals surface area contributed by atoms with E-state index < -0.39 is 0 Å². The Morgan fingerprint density at radius 3 is 2.65 bits per heavy atom. The number of rotatable bonds is 9. The summed E-state index contributed by atoms with van der Waals surface area (Å²) in [6, 6.07) is 25.9. The van der Waals surface area contributed by atoms with Crippen LogP contribution in [-0.2, 0) is 18.8 Å². The van der Waals surface area contributed by atoms with Gasteiger partial charge in [-0.3, -0.25) is 9.78 Å². The lowest BCUT2D eigenvalue weighted by molar-refractivity contribution is 0.0950. The van der Waals surface area contributed by atoms with E-state index in [1.807, 2.05) is 60.8 Å². The first-order valence-corrected chi connectivity index (χ1v) is 13.1. The Kier molecular flexibility index (Phi) is 7.51. The maximum absolute atomic E-state index is 12.7. The zero-order valence-electron chi connectivity index (χ0n) is 20.8. The van der Waals surface area contributed by atoms with Crippen LogP contribution in [0.25, 0.3) is 11.0 Å². The van der Waals surface area contributed by atoms with Gasteiger partial charge in [0.1, 0.15) is 5.75 Å². The molecule has 0 fully saturated rings. The number of aromatic nitrogens is 3. The van der Waals surface area contributed by atoms with E-state index in [2.05, 4.69) is 46.1 Å². The lowest BCUT2D eigenvalue weighted by Crippen LogP contribution is -2.23. The van der Waals surface area contributed by atoms with E-state index in [0.717, 1.165) is 45.4 Å². The summed E-state index contributed by atoms with van der Waals surface area (Å²) in [7, 11) is 1.63. The van der Waals surface area contributed by atoms with Gasteiger partial charge in [0.2, 0.25) is 0 Å². The van der Waals surface area contributed by atoms with Gasteiger partial charge in [0.05, 0.1) is 30.9 Å². The minimum Gasteiger partial charge on any atom is -0.496 e. The SMILES string of the molecule is COc1ccccc1CNC(=O)c1ccc(CSc2nc3ccncc3n2Cc2cccc(C)c2)cc1. The fourth-order valence-electron chi connectivity index (χ4n) is 4.23. The molecule has 186 valence electrons. The van der Waals surface area contributed by atoms with Crippen molar-refractivity contribution in [1.29, 1.82) is 0 Å². The molecule has 0 bridgehead atoms. The minimum absolute atomic E-state index is 0.113. The zero-order chi connectivity index (χ0) is 25.6. The quantitative estimate of drug-likeness (QED) is 0.247. The number of aryl methyl sites for hydroxylation is 1. The maximum atomic E-state index is 12.7. The highest BCUT2D eigenvalue weighted by Crippen LogP contribution is 2.28. The van der Waals surface area contributed by atoms with Gasteiger partial charge in [-0.05, 0) is 42.3 Å². The molecule has 5 rings (SSSR count). The van der Waals surface area contributed by atoms with Crippen LogP contribution in [-0.4, -0.2) is 27.6 Å². The number of nitrogens with one attached hydrogen (secondary N) is 1. The van der Waals surface area contributed by atoms with Gasteiger partial charge >= 0.3 is 0 Å². The van der Waals surface area contributed by atoms with E-state index in [1.54, 1.807) is 25.1 Å². The predicted octanol–water partition coefficient (Wildman–Crippen LogP) is 6.02. The van der Waals surface area contributed by atoms with Gasteiger partial charge in [-0.1, -0.05) is 71.9 Å². The van der Waals surface area contributed by atoms with Gasteiger partial charge in [0.15, 0.2) is 5.16 Å². The lowest BCUT2D eigenvalue weighted by Gasteiger charge is -2.11. The summed E-state index contributed by atoms with van der Waals surface area (Å²) in [5.74, 6) is 1.39. The first-order chi connectivity index (χ1) is 18.1. The number of methoxy groups -OCH3 is 1. The monoisotopic (exact) mass is 508 g/mol. The third kappa shape index (κ3) is 5.84. The van der Waals surface area contributed by atoms with Crippen molar-refractivity contribution in [3.8, 4) is 5.75 Å². The average Bonchev–Trinajstić information content (AvgIpc) is 3.28. The smallest absolute Gasteiger partial charge is 0.251 e. The van der Waals surface area contributed by atoms with Crippen LogP contribution in [0, 0.1) is 6.92 Å². The van der Waals surface area contributed by atoms with E-state index in [1.165, 1.54) is 11.1 Å². The number of carbonyl (C=O) groups is 1. The van der Waals surface area contributed by atoms with Crippen LogP contribution in [0.3, 0.4) is 0 Å². The fraction of sp³-hybridized carbons (Fsp3) is 0.167. The fourth-order valence-corrected chi connectivity index (χ4v) is 5.20. The molecule has 2 heterocycles. The molecule has 0 spiro atoms. The molecule has 0 saturated heterocycles. The molecule has 0 aliphatic carbocycles. The van der Waals surface area contributed by atoms with Crippen LogP contribution in [0.15, 0.2) is 96.4 Å². The second-order valence-corrected chi connectivity index (χ2v) is 9.76. The highest BCUT2D eigenvalue weighted by Gasteiger charge is 2.13. The van der Waals surface area contributed by atoms with Gasteiger partial charge in [-0.15, -0.1) is 0 Å². The van der Waals surface area contributed by atoms with Crippen LogP contribution in [0.4, 0.5) is 0 Å². The highest BCUT2D eigenvalue weighted by molar-refractivity contribution is 7.98. The summed E-state index contributed by atoms with van der Waals surface area (Å²) in [6.07, 6.45) is 3.65. The number of amides is 1. The zero-order valence-corrected chi connectivity index (χ0v) is 21.7. The number of carbonyl (C=O) groups excluding carboxylic acids is 1. The number of para-hydroxylation sites is 1. The Morgan fingerprint density at radius 1 is 1.00 bits per heavy atom. The number of ether oxygens (including phenoxy) is 1. The van der Waals surface area contributed by atoms with Crippen LogP contribution in [0.2, 0.25) is 0 Å². The maximum Gasteiger partial charge on any atom is 0.251 e. The molecule has 0 aliphatic rings. The van der Waals surface area contributed by atoms with Crippen molar-refractivity contribution in [2.75, 3.05) is 7.11 Å². The van der Waals surface area contributed by atoms with Crippen LogP contribution >= 0.6 is 11.8 Å². The Balaban J connectivity index is 1.26. The lowest BCUT2D eigenvalue weighted by atomic mass is 10.1. The van der Waals surface area contributed by atoms with Crippen molar-refractivity contribution >= 4 is 28.7 Å². The Bertz CT molecular complexity index is 1530.